The fraction of sp³-hybridized carbons (Fsp3) is 0.923. The molecule has 4 nitrogen and oxygen atoms in total. The average Bonchev–Trinajstić information content (AvgIpc) is 2.28. The molecule has 0 aromatic rings. The van der Waals surface area contributed by atoms with Gasteiger partial charge < -0.3 is 16.2 Å². The number of nitrogens with one attached hydrogen (secondary N) is 1. The second-order valence-corrected chi connectivity index (χ2v) is 5.59. The first-order valence-electron chi connectivity index (χ1n) is 6.69. The van der Waals surface area contributed by atoms with Crippen LogP contribution in [0.25, 0.3) is 0 Å². The van der Waals surface area contributed by atoms with Gasteiger partial charge in [-0.25, -0.2) is 0 Å². The first-order valence-corrected chi connectivity index (χ1v) is 6.69. The molecule has 1 amide bonds. The van der Waals surface area contributed by atoms with Crippen LogP contribution in [0.2, 0.25) is 0 Å². The number of hydrogen-bond acceptors (Lipinski definition) is 3. The van der Waals surface area contributed by atoms with Gasteiger partial charge in [0.2, 0.25) is 5.91 Å². The second kappa shape index (κ2) is 6.97. The minimum Gasteiger partial charge on any atom is -0.393 e. The molecule has 1 atom stereocenters. The number of carbonyl (C=O) groups excluding carboxylic acids is 1. The fourth-order valence-electron chi connectivity index (χ4n) is 2.13. The summed E-state index contributed by atoms with van der Waals surface area (Å²) in [6.45, 7) is 4.79. The van der Waals surface area contributed by atoms with Gasteiger partial charge in [-0.2, -0.15) is 0 Å². The molecule has 1 unspecified atom stereocenters. The van der Waals surface area contributed by atoms with Gasteiger partial charge in [0.1, 0.15) is 0 Å². The van der Waals surface area contributed by atoms with Gasteiger partial charge in [-0.1, -0.05) is 13.8 Å². The Morgan fingerprint density at radius 3 is 2.47 bits per heavy atom. The van der Waals surface area contributed by atoms with Gasteiger partial charge in [-0.05, 0) is 37.5 Å². The zero-order valence-corrected chi connectivity index (χ0v) is 11.0. The molecule has 1 aliphatic carbocycles. The Labute approximate surface area is 104 Å². The maximum Gasteiger partial charge on any atom is 0.221 e. The zero-order valence-electron chi connectivity index (χ0n) is 11.0. The summed E-state index contributed by atoms with van der Waals surface area (Å²) in [5.74, 6) is 0.917. The van der Waals surface area contributed by atoms with Crippen molar-refractivity contribution in [2.24, 2.45) is 17.6 Å². The molecule has 0 saturated heterocycles. The van der Waals surface area contributed by atoms with Crippen LogP contribution in [0, 0.1) is 11.8 Å². The lowest BCUT2D eigenvalue weighted by Gasteiger charge is -2.25. The van der Waals surface area contributed by atoms with E-state index in [9.17, 15) is 9.90 Å². The van der Waals surface area contributed by atoms with Crippen molar-refractivity contribution in [2.45, 2.75) is 58.1 Å². The van der Waals surface area contributed by atoms with Gasteiger partial charge >= 0.3 is 0 Å². The lowest BCUT2D eigenvalue weighted by molar-refractivity contribution is -0.121. The third kappa shape index (κ3) is 5.50. The van der Waals surface area contributed by atoms with Gasteiger partial charge in [0.25, 0.3) is 0 Å². The van der Waals surface area contributed by atoms with E-state index in [2.05, 4.69) is 5.32 Å². The molecular formula is C13H26N2O2. The van der Waals surface area contributed by atoms with E-state index in [0.29, 0.717) is 18.3 Å². The van der Waals surface area contributed by atoms with E-state index in [-0.39, 0.29) is 18.1 Å². The molecule has 4 N–H and O–H groups in total. The van der Waals surface area contributed by atoms with Crippen molar-refractivity contribution in [3.05, 3.63) is 0 Å². The number of amides is 1. The van der Waals surface area contributed by atoms with Gasteiger partial charge in [0.05, 0.1) is 6.10 Å². The summed E-state index contributed by atoms with van der Waals surface area (Å²) in [4.78, 5) is 11.6. The molecule has 1 aliphatic rings. The standard InChI is InChI=1S/C13H26N2O2/c1-9(2)12(14)7-13(17)15-8-10-3-5-11(16)6-4-10/h9-12,16H,3-8,14H2,1-2H3,(H,15,17). The van der Waals surface area contributed by atoms with Crippen LogP contribution in [0.1, 0.15) is 46.0 Å². The minimum absolute atomic E-state index is 0.0526. The zero-order chi connectivity index (χ0) is 12.8. The van der Waals surface area contributed by atoms with Crippen LogP contribution in [0.3, 0.4) is 0 Å². The Morgan fingerprint density at radius 1 is 1.35 bits per heavy atom. The van der Waals surface area contributed by atoms with Crippen molar-refractivity contribution in [3.8, 4) is 0 Å². The van der Waals surface area contributed by atoms with E-state index in [1.54, 1.807) is 0 Å². The van der Waals surface area contributed by atoms with Crippen LogP contribution in [-0.2, 0) is 4.79 Å². The largest absolute Gasteiger partial charge is 0.393 e. The predicted octanol–water partition coefficient (Wildman–Crippen LogP) is 1.03. The molecule has 0 bridgehead atoms. The number of carbonyl (C=O) groups is 1. The lowest BCUT2D eigenvalue weighted by Crippen LogP contribution is -2.37. The Balaban J connectivity index is 2.15. The maximum atomic E-state index is 11.6. The second-order valence-electron chi connectivity index (χ2n) is 5.59. The molecule has 0 radical (unpaired) electrons. The minimum atomic E-state index is -0.128. The number of hydrogen-bond donors (Lipinski definition) is 3. The highest BCUT2D eigenvalue weighted by molar-refractivity contribution is 5.76. The van der Waals surface area contributed by atoms with Crippen molar-refractivity contribution in [2.75, 3.05) is 6.54 Å². The average molecular weight is 242 g/mol. The Bertz CT molecular complexity index is 236. The van der Waals surface area contributed by atoms with Gasteiger partial charge in [-0.15, -0.1) is 0 Å². The highest BCUT2D eigenvalue weighted by atomic mass is 16.3. The smallest absolute Gasteiger partial charge is 0.221 e. The highest BCUT2D eigenvalue weighted by Gasteiger charge is 2.20. The van der Waals surface area contributed by atoms with Crippen LogP contribution in [-0.4, -0.2) is 29.7 Å². The van der Waals surface area contributed by atoms with E-state index in [1.807, 2.05) is 13.8 Å². The summed E-state index contributed by atoms with van der Waals surface area (Å²) in [7, 11) is 0. The lowest BCUT2D eigenvalue weighted by atomic mass is 9.87. The van der Waals surface area contributed by atoms with Gasteiger partial charge in [0.15, 0.2) is 0 Å². The third-order valence-corrected chi connectivity index (χ3v) is 3.68. The maximum absolute atomic E-state index is 11.6. The van der Waals surface area contributed by atoms with Crippen molar-refractivity contribution < 1.29 is 9.90 Å². The molecule has 4 heteroatoms. The topological polar surface area (TPSA) is 75.4 Å². The number of aliphatic hydroxyl groups is 1. The summed E-state index contributed by atoms with van der Waals surface area (Å²) >= 11 is 0. The van der Waals surface area contributed by atoms with Crippen molar-refractivity contribution in [1.29, 1.82) is 0 Å². The highest BCUT2D eigenvalue weighted by Crippen LogP contribution is 2.23. The number of nitrogens with two attached hydrogens (primary N) is 1. The van der Waals surface area contributed by atoms with Crippen molar-refractivity contribution in [1.82, 2.24) is 5.32 Å². The van der Waals surface area contributed by atoms with Crippen LogP contribution in [0.15, 0.2) is 0 Å². The van der Waals surface area contributed by atoms with E-state index in [0.717, 1.165) is 32.2 Å². The van der Waals surface area contributed by atoms with Crippen LogP contribution in [0.4, 0.5) is 0 Å². The molecule has 1 saturated carbocycles. The first kappa shape index (κ1) is 14.5. The van der Waals surface area contributed by atoms with E-state index in [4.69, 9.17) is 5.73 Å². The van der Waals surface area contributed by atoms with Crippen molar-refractivity contribution in [3.63, 3.8) is 0 Å². The third-order valence-electron chi connectivity index (χ3n) is 3.68. The molecule has 1 rings (SSSR count). The van der Waals surface area contributed by atoms with Gasteiger partial charge in [-0.3, -0.25) is 4.79 Å². The van der Waals surface area contributed by atoms with Crippen LogP contribution >= 0.6 is 0 Å². The fourth-order valence-corrected chi connectivity index (χ4v) is 2.13. The Kier molecular flexibility index (Phi) is 5.92. The summed E-state index contributed by atoms with van der Waals surface area (Å²) in [6.07, 6.45) is 4.04. The normalized spacial score (nSPS) is 26.9. The number of aliphatic hydroxyl groups excluding tert-OH is 1. The molecule has 0 spiro atoms. The van der Waals surface area contributed by atoms with E-state index >= 15 is 0 Å². The molecule has 0 aliphatic heterocycles. The van der Waals surface area contributed by atoms with E-state index < -0.39 is 0 Å². The Hall–Kier alpha value is -0.610. The molecule has 17 heavy (non-hydrogen) atoms. The summed E-state index contributed by atoms with van der Waals surface area (Å²) in [5.41, 5.74) is 5.85. The van der Waals surface area contributed by atoms with Gasteiger partial charge in [0, 0.05) is 19.0 Å². The van der Waals surface area contributed by atoms with Crippen LogP contribution < -0.4 is 11.1 Å². The van der Waals surface area contributed by atoms with E-state index in [1.165, 1.54) is 0 Å². The SMILES string of the molecule is CC(C)C(N)CC(=O)NCC1CCC(O)CC1. The molecule has 0 aromatic heterocycles. The van der Waals surface area contributed by atoms with Crippen molar-refractivity contribution >= 4 is 5.91 Å². The summed E-state index contributed by atoms with van der Waals surface area (Å²) < 4.78 is 0. The Morgan fingerprint density at radius 2 is 1.94 bits per heavy atom. The molecular weight excluding hydrogens is 216 g/mol. The number of rotatable bonds is 5. The van der Waals surface area contributed by atoms with Crippen LogP contribution in [0.5, 0.6) is 0 Å². The first-order chi connectivity index (χ1) is 7.99. The molecule has 0 heterocycles. The molecule has 1 fully saturated rings. The molecule has 100 valence electrons. The molecule has 0 aromatic carbocycles. The monoisotopic (exact) mass is 242 g/mol. The predicted molar refractivity (Wildman–Crippen MR) is 68.4 cm³/mol. The summed E-state index contributed by atoms with van der Waals surface area (Å²) in [6, 6.07) is -0.0526. The quantitative estimate of drug-likeness (QED) is 0.674. The summed E-state index contributed by atoms with van der Waals surface area (Å²) in [5, 5.41) is 12.3.